The molecule has 2 nitrogen and oxygen atoms in total. The lowest BCUT2D eigenvalue weighted by molar-refractivity contribution is 0.306. The molecular formula is C20H14ClNOS. The summed E-state index contributed by atoms with van der Waals surface area (Å²) in [6, 6.07) is 20.2. The molecule has 0 spiro atoms. The number of pyridine rings is 1. The molecule has 0 atom stereocenters. The summed E-state index contributed by atoms with van der Waals surface area (Å²) in [5.74, 6) is 0.687. The lowest BCUT2D eigenvalue weighted by atomic mass is 10.1. The molecule has 2 aromatic heterocycles. The maximum absolute atomic E-state index is 6.12. The molecule has 0 bridgehead atoms. The number of aromatic nitrogens is 1. The van der Waals surface area contributed by atoms with Crippen molar-refractivity contribution in [3.63, 3.8) is 0 Å². The minimum Gasteiger partial charge on any atom is -0.487 e. The highest BCUT2D eigenvalue weighted by Crippen LogP contribution is 2.33. The molecule has 0 aliphatic carbocycles. The van der Waals surface area contributed by atoms with Gasteiger partial charge in [-0.3, -0.25) is 4.98 Å². The Labute approximate surface area is 149 Å². The van der Waals surface area contributed by atoms with Crippen LogP contribution in [0.2, 0.25) is 5.02 Å². The van der Waals surface area contributed by atoms with Crippen molar-refractivity contribution in [3.05, 3.63) is 83.6 Å². The maximum Gasteiger partial charge on any atom is 0.138 e. The zero-order valence-corrected chi connectivity index (χ0v) is 14.3. The Hall–Kier alpha value is -2.36. The van der Waals surface area contributed by atoms with Crippen LogP contribution in [0.3, 0.4) is 0 Å². The van der Waals surface area contributed by atoms with Gasteiger partial charge in [-0.1, -0.05) is 41.9 Å². The molecule has 2 heterocycles. The van der Waals surface area contributed by atoms with Crippen LogP contribution in [0.5, 0.6) is 5.75 Å². The third-order valence-electron chi connectivity index (χ3n) is 3.74. The fourth-order valence-electron chi connectivity index (χ4n) is 2.55. The summed E-state index contributed by atoms with van der Waals surface area (Å²) in [5.41, 5.74) is 2.13. The fraction of sp³-hybridized carbons (Fsp3) is 0.0500. The molecule has 0 N–H and O–H groups in total. The second kappa shape index (κ2) is 6.63. The Morgan fingerprint density at radius 1 is 0.958 bits per heavy atom. The highest BCUT2D eigenvalue weighted by molar-refractivity contribution is 7.22. The van der Waals surface area contributed by atoms with E-state index in [9.17, 15) is 0 Å². The molecular weight excluding hydrogens is 338 g/mol. The average Bonchev–Trinajstić information content (AvgIpc) is 3.06. The van der Waals surface area contributed by atoms with E-state index in [2.05, 4.69) is 41.4 Å². The fourth-order valence-corrected chi connectivity index (χ4v) is 3.78. The summed E-state index contributed by atoms with van der Waals surface area (Å²) in [6.07, 6.45) is 3.72. The molecule has 0 saturated carbocycles. The molecule has 4 heteroatoms. The van der Waals surface area contributed by atoms with Gasteiger partial charge in [-0.05, 0) is 35.7 Å². The Kier molecular flexibility index (Phi) is 4.20. The highest BCUT2D eigenvalue weighted by Gasteiger charge is 2.06. The van der Waals surface area contributed by atoms with E-state index in [0.29, 0.717) is 17.4 Å². The number of para-hydroxylation sites is 1. The third-order valence-corrected chi connectivity index (χ3v) is 5.21. The van der Waals surface area contributed by atoms with Gasteiger partial charge in [-0.25, -0.2) is 0 Å². The standard InChI is InChI=1S/C20H14ClNOS/c21-17-6-2-3-7-18(17)23-13-14-9-16(12-22-11-14)20-10-15-5-1-4-8-19(15)24-20/h1-12H,13H2. The van der Waals surface area contributed by atoms with Gasteiger partial charge in [0.2, 0.25) is 0 Å². The van der Waals surface area contributed by atoms with E-state index in [-0.39, 0.29) is 0 Å². The SMILES string of the molecule is Clc1ccccc1OCc1cncc(-c2cc3ccccc3s2)c1. The van der Waals surface area contributed by atoms with Crippen molar-refractivity contribution in [3.8, 4) is 16.2 Å². The third kappa shape index (κ3) is 3.14. The predicted molar refractivity (Wildman–Crippen MR) is 101 cm³/mol. The van der Waals surface area contributed by atoms with E-state index < -0.39 is 0 Å². The normalized spacial score (nSPS) is 10.9. The van der Waals surface area contributed by atoms with E-state index in [4.69, 9.17) is 16.3 Å². The van der Waals surface area contributed by atoms with Crippen LogP contribution in [0.1, 0.15) is 5.56 Å². The Bertz CT molecular complexity index is 963. The quantitative estimate of drug-likeness (QED) is 0.437. The summed E-state index contributed by atoms with van der Waals surface area (Å²) in [7, 11) is 0. The van der Waals surface area contributed by atoms with Gasteiger partial charge < -0.3 is 4.74 Å². The molecule has 0 aliphatic heterocycles. The van der Waals surface area contributed by atoms with Crippen LogP contribution in [0.15, 0.2) is 73.1 Å². The topological polar surface area (TPSA) is 22.1 Å². The summed E-state index contributed by atoms with van der Waals surface area (Å²) in [5, 5.41) is 1.88. The van der Waals surface area contributed by atoms with Gasteiger partial charge >= 0.3 is 0 Å². The van der Waals surface area contributed by atoms with Crippen LogP contribution < -0.4 is 4.74 Å². The minimum atomic E-state index is 0.440. The van der Waals surface area contributed by atoms with Gasteiger partial charge in [0.05, 0.1) is 5.02 Å². The van der Waals surface area contributed by atoms with E-state index in [0.717, 1.165) is 11.1 Å². The van der Waals surface area contributed by atoms with Gasteiger partial charge in [-0.2, -0.15) is 0 Å². The molecule has 0 fully saturated rings. The number of halogens is 1. The number of fused-ring (bicyclic) bond motifs is 1. The highest BCUT2D eigenvalue weighted by atomic mass is 35.5. The second-order valence-corrected chi connectivity index (χ2v) is 6.94. The molecule has 4 rings (SSSR count). The van der Waals surface area contributed by atoms with Crippen molar-refractivity contribution >= 4 is 33.0 Å². The second-order valence-electron chi connectivity index (χ2n) is 5.45. The molecule has 2 aromatic carbocycles. The lowest BCUT2D eigenvalue weighted by Gasteiger charge is -2.08. The monoisotopic (exact) mass is 351 g/mol. The first-order valence-electron chi connectivity index (χ1n) is 7.60. The van der Waals surface area contributed by atoms with Crippen LogP contribution in [0.4, 0.5) is 0 Å². The van der Waals surface area contributed by atoms with Gasteiger partial charge in [0.1, 0.15) is 12.4 Å². The molecule has 0 aliphatic rings. The zero-order chi connectivity index (χ0) is 16.4. The first-order chi connectivity index (χ1) is 11.8. The molecule has 0 saturated heterocycles. The van der Waals surface area contributed by atoms with Crippen LogP contribution >= 0.6 is 22.9 Å². The van der Waals surface area contributed by atoms with Crippen molar-refractivity contribution in [1.82, 2.24) is 4.98 Å². The van der Waals surface area contributed by atoms with Gasteiger partial charge in [0.25, 0.3) is 0 Å². The molecule has 24 heavy (non-hydrogen) atoms. The van der Waals surface area contributed by atoms with E-state index in [1.165, 1.54) is 15.0 Å². The number of rotatable bonds is 4. The lowest BCUT2D eigenvalue weighted by Crippen LogP contribution is -1.96. The summed E-state index contributed by atoms with van der Waals surface area (Å²) in [6.45, 7) is 0.440. The number of ether oxygens (including phenoxy) is 1. The van der Waals surface area contributed by atoms with Crippen molar-refractivity contribution < 1.29 is 4.74 Å². The Morgan fingerprint density at radius 2 is 1.79 bits per heavy atom. The van der Waals surface area contributed by atoms with Crippen molar-refractivity contribution in [2.24, 2.45) is 0 Å². The van der Waals surface area contributed by atoms with Gasteiger partial charge in [0.15, 0.2) is 0 Å². The zero-order valence-electron chi connectivity index (χ0n) is 12.8. The molecule has 0 radical (unpaired) electrons. The van der Waals surface area contributed by atoms with E-state index in [1.807, 2.05) is 36.7 Å². The predicted octanol–water partition coefficient (Wildman–Crippen LogP) is 6.20. The largest absolute Gasteiger partial charge is 0.487 e. The number of nitrogens with zero attached hydrogens (tertiary/aromatic N) is 1. The smallest absolute Gasteiger partial charge is 0.138 e. The molecule has 4 aromatic rings. The Morgan fingerprint density at radius 3 is 2.67 bits per heavy atom. The van der Waals surface area contributed by atoms with Crippen molar-refractivity contribution in [1.29, 1.82) is 0 Å². The number of benzene rings is 2. The van der Waals surface area contributed by atoms with E-state index in [1.54, 1.807) is 11.3 Å². The minimum absolute atomic E-state index is 0.440. The van der Waals surface area contributed by atoms with Crippen molar-refractivity contribution in [2.45, 2.75) is 6.61 Å². The van der Waals surface area contributed by atoms with Crippen LogP contribution in [0, 0.1) is 0 Å². The first-order valence-corrected chi connectivity index (χ1v) is 8.79. The maximum atomic E-state index is 6.12. The van der Waals surface area contributed by atoms with Crippen LogP contribution in [-0.4, -0.2) is 4.98 Å². The van der Waals surface area contributed by atoms with Crippen molar-refractivity contribution in [2.75, 3.05) is 0 Å². The van der Waals surface area contributed by atoms with Crippen LogP contribution in [0.25, 0.3) is 20.5 Å². The molecule has 0 amide bonds. The molecule has 118 valence electrons. The van der Waals surface area contributed by atoms with Crippen LogP contribution in [-0.2, 0) is 6.61 Å². The summed E-state index contributed by atoms with van der Waals surface area (Å²) >= 11 is 7.90. The van der Waals surface area contributed by atoms with Gasteiger partial charge in [-0.15, -0.1) is 11.3 Å². The number of thiophene rings is 1. The molecule has 0 unspecified atom stereocenters. The average molecular weight is 352 g/mol. The Balaban J connectivity index is 1.58. The summed E-state index contributed by atoms with van der Waals surface area (Å²) < 4.78 is 7.09. The van der Waals surface area contributed by atoms with Gasteiger partial charge in [0, 0.05) is 33.1 Å². The number of hydrogen-bond acceptors (Lipinski definition) is 3. The number of hydrogen-bond donors (Lipinski definition) is 0. The van der Waals surface area contributed by atoms with E-state index >= 15 is 0 Å². The summed E-state index contributed by atoms with van der Waals surface area (Å²) in [4.78, 5) is 5.57. The first kappa shape index (κ1) is 15.2.